The van der Waals surface area contributed by atoms with Gasteiger partial charge in [0.25, 0.3) is 0 Å². The van der Waals surface area contributed by atoms with E-state index in [1.54, 1.807) is 16.4 Å². The molecule has 1 aromatic heterocycles. The summed E-state index contributed by atoms with van der Waals surface area (Å²) in [6, 6.07) is 13.0. The normalized spacial score (nSPS) is 17.5. The third kappa shape index (κ3) is 5.22. The Kier molecular flexibility index (Phi) is 7.03. The van der Waals surface area contributed by atoms with Gasteiger partial charge in [-0.3, -0.25) is 4.98 Å². The highest BCUT2D eigenvalue weighted by molar-refractivity contribution is 7.89. The van der Waals surface area contributed by atoms with Gasteiger partial charge in [-0.05, 0) is 56.2 Å². The molecular formula is C22H28N2O4S. The van der Waals surface area contributed by atoms with Gasteiger partial charge in [0.1, 0.15) is 0 Å². The first kappa shape index (κ1) is 21.5. The quantitative estimate of drug-likeness (QED) is 0.671. The van der Waals surface area contributed by atoms with Gasteiger partial charge in [-0.15, -0.1) is 0 Å². The molecule has 1 fully saturated rings. The lowest BCUT2D eigenvalue weighted by Crippen LogP contribution is -2.33. The predicted molar refractivity (Wildman–Crippen MR) is 112 cm³/mol. The minimum Gasteiger partial charge on any atom is -0.478 e. The van der Waals surface area contributed by atoms with Crippen molar-refractivity contribution in [2.24, 2.45) is 0 Å². The molecule has 2 aromatic rings. The Hall–Kier alpha value is -2.25. The van der Waals surface area contributed by atoms with E-state index >= 15 is 0 Å². The number of carboxylic acids is 1. The van der Waals surface area contributed by atoms with E-state index in [9.17, 15) is 18.3 Å². The number of aromatic nitrogens is 1. The van der Waals surface area contributed by atoms with Gasteiger partial charge >= 0.3 is 5.97 Å². The molecule has 6 nitrogen and oxygen atoms in total. The molecule has 0 saturated carbocycles. The van der Waals surface area contributed by atoms with Crippen molar-refractivity contribution >= 4 is 16.0 Å². The van der Waals surface area contributed by atoms with Gasteiger partial charge in [-0.25, -0.2) is 13.2 Å². The number of sulfonamides is 1. The Morgan fingerprint density at radius 3 is 2.62 bits per heavy atom. The number of nitrogens with zero attached hydrogens (tertiary/aromatic N) is 2. The van der Waals surface area contributed by atoms with Crippen LogP contribution in [0, 0.1) is 0 Å². The molecule has 1 atom stereocenters. The number of aromatic carboxylic acids is 1. The van der Waals surface area contributed by atoms with Crippen molar-refractivity contribution < 1.29 is 18.3 Å². The second-order valence-corrected chi connectivity index (χ2v) is 9.50. The van der Waals surface area contributed by atoms with Crippen molar-refractivity contribution in [2.45, 2.75) is 51.5 Å². The summed E-state index contributed by atoms with van der Waals surface area (Å²) in [6.45, 7) is 2.35. The zero-order chi connectivity index (χ0) is 20.9. The molecule has 0 spiro atoms. The first-order chi connectivity index (χ1) is 13.9. The fourth-order valence-electron chi connectivity index (χ4n) is 3.94. The number of pyridine rings is 1. The van der Waals surface area contributed by atoms with E-state index in [2.05, 4.69) is 17.1 Å². The van der Waals surface area contributed by atoms with Crippen LogP contribution in [0.1, 0.15) is 66.0 Å². The topological polar surface area (TPSA) is 87.6 Å². The number of benzene rings is 1. The van der Waals surface area contributed by atoms with Crippen LogP contribution in [0.25, 0.3) is 0 Å². The summed E-state index contributed by atoms with van der Waals surface area (Å²) < 4.78 is 26.8. The highest BCUT2D eigenvalue weighted by atomic mass is 32.2. The van der Waals surface area contributed by atoms with E-state index in [-0.39, 0.29) is 17.4 Å². The van der Waals surface area contributed by atoms with Crippen LogP contribution < -0.4 is 0 Å². The smallest absolute Gasteiger partial charge is 0.337 e. The third-order valence-electron chi connectivity index (χ3n) is 5.31. The van der Waals surface area contributed by atoms with Crippen LogP contribution in [0.5, 0.6) is 0 Å². The number of hydrogen-bond acceptors (Lipinski definition) is 4. The molecule has 7 heteroatoms. The average molecular weight is 417 g/mol. The fourth-order valence-corrected chi connectivity index (χ4v) is 5.70. The highest BCUT2D eigenvalue weighted by Gasteiger charge is 2.35. The molecule has 1 aromatic carbocycles. The molecule has 1 aliphatic rings. The Labute approximate surface area is 172 Å². The molecule has 0 unspecified atom stereocenters. The fraction of sp³-hybridized carbons (Fsp3) is 0.455. The SMILES string of the molecule is CCCS(=O)(=O)N1CCC[C@H]1c1ccc(C(=O)O)c(CCCc2ccccc2)n1. The number of aryl methyl sites for hydroxylation is 2. The molecule has 0 radical (unpaired) electrons. The lowest BCUT2D eigenvalue weighted by atomic mass is 10.0. The van der Waals surface area contributed by atoms with E-state index in [0.29, 0.717) is 37.2 Å². The molecule has 1 saturated heterocycles. The maximum atomic E-state index is 12.6. The molecule has 1 aliphatic heterocycles. The van der Waals surface area contributed by atoms with Crippen LogP contribution in [-0.4, -0.2) is 41.1 Å². The van der Waals surface area contributed by atoms with Crippen LogP contribution in [0.2, 0.25) is 0 Å². The Morgan fingerprint density at radius 1 is 1.17 bits per heavy atom. The molecule has 3 rings (SSSR count). The van der Waals surface area contributed by atoms with E-state index in [0.717, 1.165) is 19.3 Å². The van der Waals surface area contributed by atoms with Gasteiger partial charge in [0, 0.05) is 6.54 Å². The average Bonchev–Trinajstić information content (AvgIpc) is 3.19. The molecular weight excluding hydrogens is 388 g/mol. The van der Waals surface area contributed by atoms with Crippen molar-refractivity contribution in [3.8, 4) is 0 Å². The zero-order valence-electron chi connectivity index (χ0n) is 16.8. The van der Waals surface area contributed by atoms with Crippen LogP contribution in [0.4, 0.5) is 0 Å². The number of carboxylic acid groups (broad SMARTS) is 1. The van der Waals surface area contributed by atoms with Crippen LogP contribution in [-0.2, 0) is 22.9 Å². The standard InChI is InChI=1S/C22H28N2O4S/c1-2-16-29(27,28)24-15-7-12-21(24)20-14-13-18(22(25)26)19(23-20)11-6-10-17-8-4-3-5-9-17/h3-5,8-9,13-14,21H,2,6-7,10-12,15-16H2,1H3,(H,25,26)/t21-/m0/s1. The van der Waals surface area contributed by atoms with Gasteiger partial charge in [-0.2, -0.15) is 4.31 Å². The predicted octanol–water partition coefficient (Wildman–Crippen LogP) is 3.83. The van der Waals surface area contributed by atoms with Crippen molar-refractivity contribution in [2.75, 3.05) is 12.3 Å². The van der Waals surface area contributed by atoms with Crippen molar-refractivity contribution in [3.63, 3.8) is 0 Å². The van der Waals surface area contributed by atoms with Gasteiger partial charge < -0.3 is 5.11 Å². The number of rotatable bonds is 9. The first-order valence-corrected chi connectivity index (χ1v) is 11.8. The Balaban J connectivity index is 1.81. The third-order valence-corrected chi connectivity index (χ3v) is 7.39. The van der Waals surface area contributed by atoms with Gasteiger partial charge in [0.05, 0.1) is 28.7 Å². The van der Waals surface area contributed by atoms with Crippen molar-refractivity contribution in [1.82, 2.24) is 9.29 Å². The summed E-state index contributed by atoms with van der Waals surface area (Å²) >= 11 is 0. The van der Waals surface area contributed by atoms with Crippen LogP contribution in [0.3, 0.4) is 0 Å². The summed E-state index contributed by atoms with van der Waals surface area (Å²) in [6.07, 6.45) is 4.24. The summed E-state index contributed by atoms with van der Waals surface area (Å²) in [5.41, 5.74) is 2.59. The van der Waals surface area contributed by atoms with Crippen LogP contribution >= 0.6 is 0 Å². The first-order valence-electron chi connectivity index (χ1n) is 10.2. The maximum Gasteiger partial charge on any atom is 0.337 e. The second kappa shape index (κ2) is 9.50. The van der Waals surface area contributed by atoms with Crippen molar-refractivity contribution in [3.05, 3.63) is 65.0 Å². The molecule has 156 valence electrons. The van der Waals surface area contributed by atoms with Gasteiger partial charge in [0.15, 0.2) is 0 Å². The summed E-state index contributed by atoms with van der Waals surface area (Å²) in [4.78, 5) is 16.3. The van der Waals surface area contributed by atoms with Gasteiger partial charge in [0.2, 0.25) is 10.0 Å². The lowest BCUT2D eigenvalue weighted by Gasteiger charge is -2.24. The largest absolute Gasteiger partial charge is 0.478 e. The van der Waals surface area contributed by atoms with Crippen LogP contribution in [0.15, 0.2) is 42.5 Å². The Bertz CT molecular complexity index is 945. The number of hydrogen-bond donors (Lipinski definition) is 1. The second-order valence-electron chi connectivity index (χ2n) is 7.46. The summed E-state index contributed by atoms with van der Waals surface area (Å²) in [5.74, 6) is -0.874. The monoisotopic (exact) mass is 416 g/mol. The molecule has 0 bridgehead atoms. The molecule has 1 N–H and O–H groups in total. The van der Waals surface area contributed by atoms with Crippen molar-refractivity contribution in [1.29, 1.82) is 0 Å². The zero-order valence-corrected chi connectivity index (χ0v) is 17.6. The van der Waals surface area contributed by atoms with E-state index in [4.69, 9.17) is 0 Å². The molecule has 29 heavy (non-hydrogen) atoms. The summed E-state index contributed by atoms with van der Waals surface area (Å²) in [5, 5.41) is 9.54. The minimum absolute atomic E-state index is 0.126. The number of carbonyl (C=O) groups is 1. The lowest BCUT2D eigenvalue weighted by molar-refractivity contribution is 0.0695. The van der Waals surface area contributed by atoms with E-state index in [1.807, 2.05) is 25.1 Å². The minimum atomic E-state index is -3.32. The van der Waals surface area contributed by atoms with E-state index in [1.165, 1.54) is 5.56 Å². The molecule has 2 heterocycles. The Morgan fingerprint density at radius 2 is 1.93 bits per heavy atom. The molecule has 0 aliphatic carbocycles. The van der Waals surface area contributed by atoms with E-state index < -0.39 is 16.0 Å². The maximum absolute atomic E-state index is 12.6. The highest BCUT2D eigenvalue weighted by Crippen LogP contribution is 2.34. The van der Waals surface area contributed by atoms with Gasteiger partial charge in [-0.1, -0.05) is 37.3 Å². The molecule has 0 amide bonds. The summed E-state index contributed by atoms with van der Waals surface area (Å²) in [7, 11) is -3.32.